The molecule has 2 aromatic carbocycles. The van der Waals surface area contributed by atoms with E-state index in [1.165, 1.54) is 0 Å². The average Bonchev–Trinajstić information content (AvgIpc) is 2.79. The van der Waals surface area contributed by atoms with E-state index in [1.807, 2.05) is 30.3 Å². The summed E-state index contributed by atoms with van der Waals surface area (Å²) in [5.74, 6) is 2.37. The molecule has 0 saturated heterocycles. The van der Waals surface area contributed by atoms with Gasteiger partial charge >= 0.3 is 0 Å². The van der Waals surface area contributed by atoms with Crippen molar-refractivity contribution in [2.45, 2.75) is 12.8 Å². The highest BCUT2D eigenvalue weighted by Gasteiger charge is 2.30. The van der Waals surface area contributed by atoms with Crippen LogP contribution in [0.4, 0.5) is 17.1 Å². The number of anilines is 3. The van der Waals surface area contributed by atoms with Gasteiger partial charge in [-0.2, -0.15) is 0 Å². The predicted molar refractivity (Wildman–Crippen MR) is 115 cm³/mol. The Bertz CT molecular complexity index is 878. The van der Waals surface area contributed by atoms with Gasteiger partial charge in [-0.3, -0.25) is 4.79 Å². The molecule has 0 unspecified atom stereocenters. The van der Waals surface area contributed by atoms with E-state index in [1.54, 1.807) is 17.0 Å². The summed E-state index contributed by atoms with van der Waals surface area (Å²) in [7, 11) is 0. The molecule has 28 heavy (non-hydrogen) atoms. The summed E-state index contributed by atoms with van der Waals surface area (Å²) in [6, 6.07) is 13.3. The molecule has 1 amide bonds. The van der Waals surface area contributed by atoms with E-state index in [-0.39, 0.29) is 12.5 Å². The molecule has 5 nitrogen and oxygen atoms in total. The number of nitrogens with two attached hydrogens (primary N) is 1. The molecular weight excluding hydrogens is 374 g/mol. The van der Waals surface area contributed by atoms with Gasteiger partial charge in [-0.05, 0) is 49.7 Å². The lowest BCUT2D eigenvalue weighted by atomic mass is 10.1. The van der Waals surface area contributed by atoms with Crippen molar-refractivity contribution in [2.75, 3.05) is 42.6 Å². The third-order valence-corrected chi connectivity index (χ3v) is 4.91. The minimum atomic E-state index is -0.0789. The number of para-hydroxylation sites is 2. The van der Waals surface area contributed by atoms with Gasteiger partial charge in [0.15, 0.2) is 0 Å². The van der Waals surface area contributed by atoms with Crippen LogP contribution in [0.25, 0.3) is 0 Å². The number of amides is 1. The molecule has 146 valence electrons. The van der Waals surface area contributed by atoms with Gasteiger partial charge in [-0.15, -0.1) is 6.42 Å². The Morgan fingerprint density at radius 3 is 2.50 bits per heavy atom. The van der Waals surface area contributed by atoms with E-state index in [9.17, 15) is 4.79 Å². The van der Waals surface area contributed by atoms with Gasteiger partial charge in [0.05, 0.1) is 29.2 Å². The molecule has 2 N–H and O–H groups in total. The molecule has 0 aromatic heterocycles. The van der Waals surface area contributed by atoms with Gasteiger partial charge in [0, 0.05) is 18.1 Å². The third-order valence-electron chi connectivity index (χ3n) is 4.67. The number of terminal acetylenes is 1. The largest absolute Gasteiger partial charge is 0.367 e. The number of carbonyl (C=O) groups is 1. The molecule has 3 rings (SSSR count). The number of rotatable bonds is 8. The Balaban J connectivity index is 2.05. The zero-order valence-electron chi connectivity index (χ0n) is 15.7. The second kappa shape index (κ2) is 9.61. The fraction of sp³-hybridized carbons (Fsp3) is 0.318. The maximum absolute atomic E-state index is 13.4. The minimum absolute atomic E-state index is 0.0789. The molecule has 0 saturated carbocycles. The van der Waals surface area contributed by atoms with Crippen molar-refractivity contribution in [3.05, 3.63) is 53.1 Å². The molecule has 0 spiro atoms. The highest BCUT2D eigenvalue weighted by atomic mass is 35.5. The van der Waals surface area contributed by atoms with Gasteiger partial charge in [-0.1, -0.05) is 29.7 Å². The number of nitrogens with zero attached hydrogens (tertiary/aromatic N) is 2. The van der Waals surface area contributed by atoms with E-state index < -0.39 is 0 Å². The van der Waals surface area contributed by atoms with Crippen LogP contribution < -0.4 is 15.5 Å². The second-order valence-corrected chi connectivity index (χ2v) is 6.95. The molecule has 0 aliphatic carbocycles. The lowest BCUT2D eigenvalue weighted by Gasteiger charge is -2.27. The van der Waals surface area contributed by atoms with Crippen molar-refractivity contribution >= 4 is 34.6 Å². The zero-order valence-corrected chi connectivity index (χ0v) is 16.5. The molecule has 0 bridgehead atoms. The monoisotopic (exact) mass is 397 g/mol. The van der Waals surface area contributed by atoms with Crippen molar-refractivity contribution in [1.82, 2.24) is 0 Å². The first kappa shape index (κ1) is 20.2. The topological polar surface area (TPSA) is 58.8 Å². The van der Waals surface area contributed by atoms with E-state index >= 15 is 0 Å². The van der Waals surface area contributed by atoms with Crippen LogP contribution in [0.1, 0.15) is 23.2 Å². The van der Waals surface area contributed by atoms with Gasteiger partial charge in [0.2, 0.25) is 0 Å². The van der Waals surface area contributed by atoms with Gasteiger partial charge in [0.25, 0.3) is 5.91 Å². The Morgan fingerprint density at radius 1 is 1.04 bits per heavy atom. The molecule has 1 aliphatic heterocycles. The standard InChI is InChI=1S/C22H24ClN3O2/c1-2-14-28-15-13-26-20-8-4-3-7-19(20)25(12-6-5-11-24)21-16-17(23)9-10-18(21)22(26)27/h1,3-4,7-10,16H,5-6,11-15,24H2. The molecule has 1 heterocycles. The van der Waals surface area contributed by atoms with E-state index in [2.05, 4.69) is 10.8 Å². The summed E-state index contributed by atoms with van der Waals surface area (Å²) in [5, 5.41) is 0.596. The first-order valence-corrected chi connectivity index (χ1v) is 9.74. The van der Waals surface area contributed by atoms with Gasteiger partial charge in [-0.25, -0.2) is 0 Å². The zero-order chi connectivity index (χ0) is 19.9. The van der Waals surface area contributed by atoms with Gasteiger partial charge < -0.3 is 20.3 Å². The molecular formula is C22H24ClN3O2. The van der Waals surface area contributed by atoms with E-state index in [0.29, 0.717) is 30.3 Å². The van der Waals surface area contributed by atoms with Gasteiger partial charge in [0.1, 0.15) is 6.61 Å². The van der Waals surface area contributed by atoms with E-state index in [0.717, 1.165) is 36.4 Å². The summed E-state index contributed by atoms with van der Waals surface area (Å²) in [4.78, 5) is 17.3. The SMILES string of the molecule is C#CCOCCN1C(=O)c2ccc(Cl)cc2N(CCCCN)c2ccccc21. The highest BCUT2D eigenvalue weighted by Crippen LogP contribution is 2.41. The Hall–Kier alpha value is -2.52. The number of halogens is 1. The summed E-state index contributed by atoms with van der Waals surface area (Å²) in [6.45, 7) is 2.38. The Morgan fingerprint density at radius 2 is 1.79 bits per heavy atom. The first-order valence-electron chi connectivity index (χ1n) is 9.36. The number of fused-ring (bicyclic) bond motifs is 2. The fourth-order valence-electron chi connectivity index (χ4n) is 3.38. The number of hydrogen-bond acceptors (Lipinski definition) is 4. The van der Waals surface area contributed by atoms with Crippen LogP contribution in [0.5, 0.6) is 0 Å². The number of carbonyl (C=O) groups excluding carboxylic acids is 1. The number of unbranched alkanes of at least 4 members (excludes halogenated alkanes) is 1. The summed E-state index contributed by atoms with van der Waals surface area (Å²) >= 11 is 6.28. The van der Waals surface area contributed by atoms with Crippen molar-refractivity contribution in [2.24, 2.45) is 5.73 Å². The number of benzene rings is 2. The molecule has 2 aromatic rings. The molecule has 0 atom stereocenters. The van der Waals surface area contributed by atoms with Crippen molar-refractivity contribution in [1.29, 1.82) is 0 Å². The third kappa shape index (κ3) is 4.31. The summed E-state index contributed by atoms with van der Waals surface area (Å²) < 4.78 is 5.42. The van der Waals surface area contributed by atoms with Crippen molar-refractivity contribution in [3.63, 3.8) is 0 Å². The van der Waals surface area contributed by atoms with Crippen LogP contribution in [0.3, 0.4) is 0 Å². The Labute approximate surface area is 171 Å². The lowest BCUT2D eigenvalue weighted by Crippen LogP contribution is -2.33. The Kier molecular flexibility index (Phi) is 6.94. The van der Waals surface area contributed by atoms with Crippen LogP contribution in [0, 0.1) is 12.3 Å². The minimum Gasteiger partial charge on any atom is -0.367 e. The van der Waals surface area contributed by atoms with Crippen molar-refractivity contribution < 1.29 is 9.53 Å². The summed E-state index contributed by atoms with van der Waals surface area (Å²) in [6.07, 6.45) is 7.07. The maximum Gasteiger partial charge on any atom is 0.260 e. The molecule has 6 heteroatoms. The smallest absolute Gasteiger partial charge is 0.260 e. The van der Waals surface area contributed by atoms with Crippen molar-refractivity contribution in [3.8, 4) is 12.3 Å². The molecule has 0 radical (unpaired) electrons. The van der Waals surface area contributed by atoms with E-state index in [4.69, 9.17) is 28.5 Å². The average molecular weight is 398 g/mol. The molecule has 1 aliphatic rings. The predicted octanol–water partition coefficient (Wildman–Crippen LogP) is 3.83. The normalized spacial score (nSPS) is 13.0. The fourth-order valence-corrected chi connectivity index (χ4v) is 3.54. The first-order chi connectivity index (χ1) is 13.7. The van der Waals surface area contributed by atoms with Crippen LogP contribution in [-0.4, -0.2) is 38.8 Å². The second-order valence-electron chi connectivity index (χ2n) is 6.51. The number of ether oxygens (including phenoxy) is 1. The van der Waals surface area contributed by atoms with Crippen LogP contribution >= 0.6 is 11.6 Å². The summed E-state index contributed by atoms with van der Waals surface area (Å²) in [5.41, 5.74) is 8.92. The molecule has 0 fully saturated rings. The van der Waals surface area contributed by atoms with Crippen LogP contribution in [0.15, 0.2) is 42.5 Å². The highest BCUT2D eigenvalue weighted by molar-refractivity contribution is 6.31. The van der Waals surface area contributed by atoms with Crippen LogP contribution in [0.2, 0.25) is 5.02 Å². The quantitative estimate of drug-likeness (QED) is 0.543. The number of hydrogen-bond donors (Lipinski definition) is 1. The van der Waals surface area contributed by atoms with Crippen LogP contribution in [-0.2, 0) is 4.74 Å². The maximum atomic E-state index is 13.4. The lowest BCUT2D eigenvalue weighted by molar-refractivity contribution is 0.0972.